The van der Waals surface area contributed by atoms with Crippen LogP contribution >= 0.6 is 0 Å². The highest BCUT2D eigenvalue weighted by Crippen LogP contribution is 2.57. The smallest absolute Gasteiger partial charge is 0.340 e. The SMILES string of the molecule is CN(C)c1ccc2c(c1)Oc1cc(N(C)C)ccc1C21OC(=O)c2ccc(C(=O)N(C(=O)[C@@H]3CCCN3C(=O)[C@H](CCCNC(=N)N)NC(=O)[C@H](CC(N)=O)NC(=O)[C@H](CCC(N)=O)NC(=O)[C@H](Cc3ccccc3)NC(=O)[C@@H](Cc3ccc(O)cc3)N(C)C(=O)CCc3ccc(O)cc3)[C@@H](CCCCN)C(N)=O)cc21. The summed E-state index contributed by atoms with van der Waals surface area (Å²) in [5.41, 5.74) is 31.5. The van der Waals surface area contributed by atoms with E-state index in [1.807, 2.05) is 50.1 Å². The van der Waals surface area contributed by atoms with Crippen molar-refractivity contribution < 1.29 is 77.2 Å². The Morgan fingerprint density at radius 3 is 1.76 bits per heavy atom. The average Bonchev–Trinajstić information content (AvgIpc) is 1.58. The Bertz CT molecular complexity index is 4430. The summed E-state index contributed by atoms with van der Waals surface area (Å²) in [6.07, 6.45) is -1.95. The van der Waals surface area contributed by atoms with Gasteiger partial charge in [-0.3, -0.25) is 63.0 Å². The molecule has 11 amide bonds. The number of carbonyl (C=O) groups is 12. The zero-order chi connectivity index (χ0) is 80.5. The van der Waals surface area contributed by atoms with E-state index in [0.717, 1.165) is 26.7 Å². The number of nitrogens with one attached hydrogen (secondary N) is 6. The number of hydrogen-bond donors (Lipinski definition) is 13. The van der Waals surface area contributed by atoms with Crippen molar-refractivity contribution in [3.8, 4) is 23.0 Å². The number of imide groups is 1. The topological polar surface area (TPSA) is 494 Å². The van der Waals surface area contributed by atoms with E-state index >= 15 is 14.4 Å². The molecule has 0 aromatic heterocycles. The van der Waals surface area contributed by atoms with Crippen molar-refractivity contribution in [1.82, 2.24) is 41.3 Å². The highest BCUT2D eigenvalue weighted by Gasteiger charge is 2.55. The van der Waals surface area contributed by atoms with Crippen LogP contribution in [0.1, 0.15) is 125 Å². The van der Waals surface area contributed by atoms with Crippen molar-refractivity contribution >= 4 is 88.3 Å². The van der Waals surface area contributed by atoms with E-state index in [-0.39, 0.29) is 112 Å². The first-order valence-corrected chi connectivity index (χ1v) is 36.5. The van der Waals surface area contributed by atoms with E-state index in [2.05, 4.69) is 26.6 Å². The van der Waals surface area contributed by atoms with Crippen molar-refractivity contribution in [2.75, 3.05) is 64.7 Å². The molecule has 32 nitrogen and oxygen atoms in total. The van der Waals surface area contributed by atoms with Crippen LogP contribution in [0.4, 0.5) is 11.4 Å². The number of benzene rings is 6. The number of phenols is 2. The molecule has 111 heavy (non-hydrogen) atoms. The van der Waals surface area contributed by atoms with Crippen molar-refractivity contribution in [2.24, 2.45) is 28.7 Å². The number of esters is 1. The van der Waals surface area contributed by atoms with Crippen LogP contribution in [0.2, 0.25) is 0 Å². The number of rotatable bonds is 36. The van der Waals surface area contributed by atoms with Gasteiger partial charge in [-0.2, -0.15) is 0 Å². The number of fused-ring (bicyclic) bond motifs is 6. The predicted octanol–water partition coefficient (Wildman–Crippen LogP) is 2.03. The maximum Gasteiger partial charge on any atom is 0.340 e. The van der Waals surface area contributed by atoms with Gasteiger partial charge in [0, 0.05) is 120 Å². The van der Waals surface area contributed by atoms with Gasteiger partial charge in [-0.1, -0.05) is 54.6 Å². The molecule has 0 unspecified atom stereocenters. The highest BCUT2D eigenvalue weighted by atomic mass is 16.6. The lowest BCUT2D eigenvalue weighted by Crippen LogP contribution is -2.61. The van der Waals surface area contributed by atoms with Crippen LogP contribution in [0, 0.1) is 5.41 Å². The second-order valence-corrected chi connectivity index (χ2v) is 28.1. The number of hydrogen-bond acceptors (Lipinski definition) is 20. The minimum absolute atomic E-state index is 0.00110. The van der Waals surface area contributed by atoms with Crippen LogP contribution in [0.15, 0.2) is 133 Å². The van der Waals surface area contributed by atoms with Gasteiger partial charge in [0.1, 0.15) is 65.3 Å². The van der Waals surface area contributed by atoms with Crippen LogP contribution in [-0.4, -0.2) is 199 Å². The van der Waals surface area contributed by atoms with Crippen molar-refractivity contribution in [2.45, 2.75) is 138 Å². The molecule has 6 aromatic carbocycles. The molecule has 0 saturated carbocycles. The molecule has 3 heterocycles. The number of guanidine groups is 1. The molecular formula is C79H96N16O16. The molecular weight excluding hydrogens is 1430 g/mol. The largest absolute Gasteiger partial charge is 0.508 e. The highest BCUT2D eigenvalue weighted by molar-refractivity contribution is 6.11. The molecule has 18 N–H and O–H groups in total. The number of nitrogens with zero attached hydrogens (tertiary/aromatic N) is 5. The fraction of sp³-hybridized carbons (Fsp3) is 0.380. The number of primary amides is 3. The minimum Gasteiger partial charge on any atom is -0.508 e. The Labute approximate surface area is 641 Å². The molecule has 1 spiro atoms. The lowest BCUT2D eigenvalue weighted by molar-refractivity contribution is -0.147. The van der Waals surface area contributed by atoms with Gasteiger partial charge in [0.2, 0.25) is 53.2 Å². The normalized spacial score (nSPS) is 15.2. The monoisotopic (exact) mass is 1520 g/mol. The quantitative estimate of drug-likeness (QED) is 0.00880. The van der Waals surface area contributed by atoms with Crippen LogP contribution in [-0.2, 0) is 77.5 Å². The van der Waals surface area contributed by atoms with Crippen LogP contribution in [0.3, 0.4) is 0 Å². The summed E-state index contributed by atoms with van der Waals surface area (Å²) in [6.45, 7) is -0.0205. The maximum atomic E-state index is 15.8. The second-order valence-electron chi connectivity index (χ2n) is 28.1. The Balaban J connectivity index is 0.998. The van der Waals surface area contributed by atoms with Crippen LogP contribution in [0.25, 0.3) is 0 Å². The summed E-state index contributed by atoms with van der Waals surface area (Å²) < 4.78 is 13.1. The molecule has 588 valence electrons. The summed E-state index contributed by atoms with van der Waals surface area (Å²) in [6, 6.07) is 24.1. The average molecular weight is 1530 g/mol. The van der Waals surface area contributed by atoms with E-state index < -0.39 is 144 Å². The third-order valence-corrected chi connectivity index (χ3v) is 19.9. The Hall–Kier alpha value is -12.6. The fourth-order valence-corrected chi connectivity index (χ4v) is 13.9. The van der Waals surface area contributed by atoms with Gasteiger partial charge in [-0.15, -0.1) is 0 Å². The zero-order valence-electron chi connectivity index (χ0n) is 62.5. The number of aryl methyl sites for hydroxylation is 1. The summed E-state index contributed by atoms with van der Waals surface area (Å²) in [4.78, 5) is 181. The standard InChI is InChI=1S/C79H96N16O16/c1-91(2)49-24-31-54-64(42-49)110-65-43-50(92(3)4)25-32-55(65)79(54)56-41-48(23-30-53(56)77(109)111-79)74(106)95(61(69(83)101)16-9-10-36-80)76(108)62-17-12-38-94(62)75(107)58(15-11-37-86-78(84)85)88-72(104)60(44-67(82)99)89-70(102)57(33-34-66(81)98)87-71(103)59(39-46-13-7-6-8-14-46)90-73(105)63(40-47-20-28-52(97)29-21-47)93(5)68(100)35-22-45-18-26-51(96)27-19-45/h6-8,13-14,18-21,23-32,41-43,57-63,96-97H,9-12,15-17,22,33-40,44,80H2,1-5H3,(H2,81,98)(H2,82,99)(H2,83,101)(H,87,103)(H,88,104)(H,89,102)(H,90,105)(H4,84,85,86)/t57-,58-,59-,60-,61-,62-,63+/m0/s1. The van der Waals surface area contributed by atoms with Crippen LogP contribution < -0.4 is 69.8 Å². The second kappa shape index (κ2) is 37.0. The lowest BCUT2D eigenvalue weighted by atomic mass is 9.77. The third-order valence-electron chi connectivity index (χ3n) is 19.9. The third kappa shape index (κ3) is 20.2. The van der Waals surface area contributed by atoms with Gasteiger partial charge in [0.05, 0.1) is 12.0 Å². The number of anilines is 2. The Kier molecular flexibility index (Phi) is 27.5. The summed E-state index contributed by atoms with van der Waals surface area (Å²) in [5, 5.41) is 40.7. The molecule has 3 aliphatic rings. The van der Waals surface area contributed by atoms with Gasteiger partial charge in [0.15, 0.2) is 11.6 Å². The zero-order valence-corrected chi connectivity index (χ0v) is 62.5. The van der Waals surface area contributed by atoms with Crippen molar-refractivity contribution in [1.29, 1.82) is 5.41 Å². The Morgan fingerprint density at radius 2 is 1.17 bits per heavy atom. The number of unbranched alkanes of at least 4 members (excludes halogenated alkanes) is 1. The number of likely N-dealkylation sites (N-methyl/N-ethyl adjacent to an activating group) is 1. The molecule has 1 saturated heterocycles. The van der Waals surface area contributed by atoms with Crippen LogP contribution in [0.5, 0.6) is 23.0 Å². The van der Waals surface area contributed by atoms with Crippen molar-refractivity contribution in [3.05, 3.63) is 178 Å². The van der Waals surface area contributed by atoms with Crippen molar-refractivity contribution in [3.63, 3.8) is 0 Å². The molecule has 1 fully saturated rings. The number of nitrogens with two attached hydrogens (primary N) is 5. The van der Waals surface area contributed by atoms with Gasteiger partial charge in [0.25, 0.3) is 11.8 Å². The van der Waals surface area contributed by atoms with E-state index in [1.54, 1.807) is 78.9 Å². The first kappa shape index (κ1) is 82.4. The predicted molar refractivity (Wildman–Crippen MR) is 409 cm³/mol. The van der Waals surface area contributed by atoms with Gasteiger partial charge in [-0.25, -0.2) is 4.79 Å². The van der Waals surface area contributed by atoms with Gasteiger partial charge in [-0.05, 0) is 148 Å². The molecule has 3 aliphatic heterocycles. The molecule has 6 aromatic rings. The van der Waals surface area contributed by atoms with Gasteiger partial charge >= 0.3 is 5.97 Å². The van der Waals surface area contributed by atoms with E-state index in [1.165, 1.54) is 54.4 Å². The molecule has 7 atom stereocenters. The molecule has 9 rings (SSSR count). The first-order chi connectivity index (χ1) is 52.9. The lowest BCUT2D eigenvalue weighted by Gasteiger charge is -2.37. The fourth-order valence-electron chi connectivity index (χ4n) is 13.9. The Morgan fingerprint density at radius 1 is 0.595 bits per heavy atom. The molecule has 32 heteroatoms. The first-order valence-electron chi connectivity index (χ1n) is 36.5. The van der Waals surface area contributed by atoms with E-state index in [0.29, 0.717) is 40.2 Å². The number of likely N-dealkylation sites (tertiary alicyclic amines) is 1. The number of aromatic hydroxyl groups is 2. The number of carbonyl (C=O) groups excluding carboxylic acids is 12. The number of phenolic OH excluding ortho intramolecular Hbond substituents is 2. The van der Waals surface area contributed by atoms with E-state index in [4.69, 9.17) is 43.6 Å². The minimum atomic E-state index is -1.94. The number of amides is 11. The maximum absolute atomic E-state index is 15.8. The molecule has 0 aliphatic carbocycles. The van der Waals surface area contributed by atoms with E-state index in [9.17, 15) is 53.4 Å². The van der Waals surface area contributed by atoms with Gasteiger partial charge < -0.3 is 94.5 Å². The summed E-state index contributed by atoms with van der Waals surface area (Å²) in [7, 11) is 8.80. The summed E-state index contributed by atoms with van der Waals surface area (Å²) in [5.74, 6) is -11.3. The molecule has 0 radical (unpaired) electrons. The molecule has 0 bridgehead atoms. The number of ether oxygens (including phenoxy) is 2. The summed E-state index contributed by atoms with van der Waals surface area (Å²) >= 11 is 0.